The van der Waals surface area contributed by atoms with Crippen molar-refractivity contribution in [2.45, 2.75) is 46.2 Å². The van der Waals surface area contributed by atoms with Crippen LogP contribution in [0, 0.1) is 24.8 Å². The monoisotopic (exact) mass is 741 g/mol. The molecule has 0 aliphatic rings. The molecule has 0 aliphatic carbocycles. The summed E-state index contributed by atoms with van der Waals surface area (Å²) in [4.78, 5) is 8.87. The molecule has 3 aromatic heterocycles. The van der Waals surface area contributed by atoms with Crippen LogP contribution in [0.4, 0.5) is 4.39 Å². The van der Waals surface area contributed by atoms with E-state index in [9.17, 15) is 4.39 Å². The van der Waals surface area contributed by atoms with Crippen molar-refractivity contribution < 1.29 is 34.4 Å². The van der Waals surface area contributed by atoms with E-state index in [1.165, 1.54) is 17.3 Å². The molecule has 3 heterocycles. The van der Waals surface area contributed by atoms with Gasteiger partial charge in [0.05, 0.1) is 13.7 Å². The molecule has 0 amide bonds. The minimum Gasteiger partial charge on any atom is -0.498 e. The first kappa shape index (κ1) is 25.3. The molecule has 0 spiro atoms. The van der Waals surface area contributed by atoms with Gasteiger partial charge in [-0.15, -0.1) is 53.6 Å². The Morgan fingerprint density at radius 3 is 2.39 bits per heavy atom. The molecule has 6 aromatic rings. The number of para-hydroxylation sites is 1. The van der Waals surface area contributed by atoms with Gasteiger partial charge < -0.3 is 14.4 Å². The number of hydrogen-bond acceptors (Lipinski definition) is 3. The first-order valence-corrected chi connectivity index (χ1v) is 16.6. The van der Waals surface area contributed by atoms with Crippen LogP contribution in [0.25, 0.3) is 44.5 Å². The van der Waals surface area contributed by atoms with Gasteiger partial charge >= 0.3 is 0 Å². The van der Waals surface area contributed by atoms with Crippen LogP contribution in [-0.4, -0.2) is 18.0 Å². The van der Waals surface area contributed by atoms with Gasteiger partial charge in [-0.2, -0.15) is 0 Å². The summed E-state index contributed by atoms with van der Waals surface area (Å²) in [7, 11) is -1.34. The third kappa shape index (κ3) is 6.73. The predicted octanol–water partition coefficient (Wildman–Crippen LogP) is 9.11. The van der Waals surface area contributed by atoms with Gasteiger partial charge in [-0.3, -0.25) is 0 Å². The summed E-state index contributed by atoms with van der Waals surface area (Å²) in [5.74, 6) is -1.12. The van der Waals surface area contributed by atoms with Crippen molar-refractivity contribution in [3.63, 3.8) is 0 Å². The molecule has 41 heavy (non-hydrogen) atoms. The van der Waals surface area contributed by atoms with E-state index < -0.39 is 20.8 Å². The number of furan rings is 1. The first-order chi connectivity index (χ1) is 20.6. The molecule has 6 heteroatoms. The zero-order valence-corrected chi connectivity index (χ0v) is 27.0. The fraction of sp³-hybridized carbons (Fsp3) is 0.200. The number of hydrogen-bond donors (Lipinski definition) is 0. The summed E-state index contributed by atoms with van der Waals surface area (Å²) in [5, 5.41) is 2.87. The Morgan fingerprint density at radius 1 is 0.927 bits per heavy atom. The molecule has 1 radical (unpaired) electrons. The molecular formula is C35H33FIrN2OSi-2. The van der Waals surface area contributed by atoms with E-state index in [-0.39, 0.29) is 31.5 Å². The van der Waals surface area contributed by atoms with Gasteiger partial charge in [-0.25, -0.2) is 4.39 Å². The van der Waals surface area contributed by atoms with Crippen molar-refractivity contribution in [3.8, 4) is 22.5 Å². The predicted molar refractivity (Wildman–Crippen MR) is 166 cm³/mol. The molecule has 3 aromatic carbocycles. The Balaban J connectivity index is 0.000000204. The van der Waals surface area contributed by atoms with Crippen LogP contribution >= 0.6 is 0 Å². The van der Waals surface area contributed by atoms with E-state index in [4.69, 9.17) is 9.90 Å². The second-order valence-corrected chi connectivity index (χ2v) is 16.0. The van der Waals surface area contributed by atoms with Crippen LogP contribution < -0.4 is 5.19 Å². The van der Waals surface area contributed by atoms with Gasteiger partial charge in [0.15, 0.2) is 11.4 Å². The Morgan fingerprint density at radius 2 is 1.73 bits per heavy atom. The topological polar surface area (TPSA) is 38.9 Å². The largest absolute Gasteiger partial charge is 0.498 e. The van der Waals surface area contributed by atoms with E-state index in [0.29, 0.717) is 22.4 Å². The van der Waals surface area contributed by atoms with Gasteiger partial charge in [0.1, 0.15) is 0 Å². The molecule has 0 aliphatic heterocycles. The SMILES string of the molecule is [2H]C(C)(C)c1ccnc(-c2[c-]ccc3c2oc2c(F)cccc23)c1.[2H]C([2H])([2H])c1c[c-]c(-c2ccc([Si](C)(C)C)cn2)cc1.[Ir]. The average Bonchev–Trinajstić information content (AvgIpc) is 3.37. The summed E-state index contributed by atoms with van der Waals surface area (Å²) in [6.45, 7) is 8.41. The van der Waals surface area contributed by atoms with Crippen molar-refractivity contribution in [1.82, 2.24) is 9.97 Å². The molecule has 0 saturated carbocycles. The van der Waals surface area contributed by atoms with Gasteiger partial charge in [0.2, 0.25) is 0 Å². The molecule has 211 valence electrons. The summed E-state index contributed by atoms with van der Waals surface area (Å²) < 4.78 is 50.1. The van der Waals surface area contributed by atoms with E-state index >= 15 is 0 Å². The number of aryl methyl sites for hydroxylation is 1. The summed E-state index contributed by atoms with van der Waals surface area (Å²) in [6, 6.07) is 27.4. The second kappa shape index (κ2) is 12.6. The van der Waals surface area contributed by atoms with E-state index in [0.717, 1.165) is 27.6 Å². The van der Waals surface area contributed by atoms with Crippen molar-refractivity contribution >= 4 is 35.2 Å². The van der Waals surface area contributed by atoms with Crippen LogP contribution in [0.1, 0.15) is 36.4 Å². The van der Waals surface area contributed by atoms with E-state index in [1.807, 2.05) is 50.4 Å². The molecule has 0 saturated heterocycles. The van der Waals surface area contributed by atoms with Crippen LogP contribution in [0.3, 0.4) is 0 Å². The maximum Gasteiger partial charge on any atom is 0.165 e. The fourth-order valence-electron chi connectivity index (χ4n) is 4.38. The Bertz CT molecular complexity index is 1870. The number of aromatic nitrogens is 2. The normalized spacial score (nSPS) is 13.3. The molecule has 0 unspecified atom stereocenters. The number of nitrogens with zero attached hydrogens (tertiary/aromatic N) is 2. The molecular weight excluding hydrogens is 704 g/mol. The molecule has 0 atom stereocenters. The van der Waals surface area contributed by atoms with E-state index in [2.05, 4.69) is 47.8 Å². The van der Waals surface area contributed by atoms with Crippen LogP contribution in [0.15, 0.2) is 89.6 Å². The zero-order valence-electron chi connectivity index (χ0n) is 27.6. The van der Waals surface area contributed by atoms with Crippen molar-refractivity contribution in [2.75, 3.05) is 0 Å². The first-order valence-electron chi connectivity index (χ1n) is 15.1. The van der Waals surface area contributed by atoms with Gasteiger partial charge in [0.25, 0.3) is 0 Å². The Kier molecular flexibility index (Phi) is 7.77. The minimum absolute atomic E-state index is 0. The van der Waals surface area contributed by atoms with Gasteiger partial charge in [-0.05, 0) is 34.6 Å². The van der Waals surface area contributed by atoms with Gasteiger partial charge in [0, 0.05) is 43.4 Å². The molecule has 6 rings (SSSR count). The maximum absolute atomic E-state index is 14.0. The number of pyridine rings is 2. The molecule has 3 nitrogen and oxygen atoms in total. The Labute approximate surface area is 261 Å². The average molecular weight is 741 g/mol. The maximum atomic E-state index is 14.0. The standard InChI is InChI=1S/C20H15FNO.C15H18NSi.Ir/c1-12(2)13-9-10-22-18(11-13)16-7-3-5-14-15-6-4-8-17(21)20(15)23-19(14)16;1-12-5-7-13(8-6-12)15-10-9-14(11-16-15)17(2,3)4;/h3-6,8-12H,1-2H3;5-7,9-11H,1-4H3;/q2*-1;/i12D;1D3;. The van der Waals surface area contributed by atoms with Crippen LogP contribution in [0.5, 0.6) is 0 Å². The second-order valence-electron chi connectivity index (χ2n) is 10.9. The zero-order chi connectivity index (χ0) is 31.9. The third-order valence-electron chi connectivity index (χ3n) is 6.72. The molecule has 0 N–H and O–H groups in total. The van der Waals surface area contributed by atoms with E-state index in [1.54, 1.807) is 30.5 Å². The van der Waals surface area contributed by atoms with Crippen molar-refractivity contribution in [1.29, 1.82) is 0 Å². The van der Waals surface area contributed by atoms with Crippen molar-refractivity contribution in [2.24, 2.45) is 0 Å². The van der Waals surface area contributed by atoms with Gasteiger partial charge in [-0.1, -0.05) is 87.2 Å². The number of fused-ring (bicyclic) bond motifs is 3. The molecule has 0 fully saturated rings. The Hall–Kier alpha value is -3.44. The molecule has 0 bridgehead atoms. The van der Waals surface area contributed by atoms with Crippen LogP contribution in [-0.2, 0) is 20.1 Å². The van der Waals surface area contributed by atoms with Crippen molar-refractivity contribution in [3.05, 3.63) is 114 Å². The summed E-state index contributed by atoms with van der Waals surface area (Å²) in [5.41, 5.74) is 4.94. The fourth-order valence-corrected chi connectivity index (χ4v) is 5.41. The smallest absolute Gasteiger partial charge is 0.165 e. The summed E-state index contributed by atoms with van der Waals surface area (Å²) in [6.07, 6.45) is 3.60. The quantitative estimate of drug-likeness (QED) is 0.134. The van der Waals surface area contributed by atoms with Crippen LogP contribution in [0.2, 0.25) is 19.6 Å². The number of rotatable bonds is 4. The third-order valence-corrected chi connectivity index (χ3v) is 8.75. The minimum atomic E-state index is -2.08. The number of benzene rings is 3. The summed E-state index contributed by atoms with van der Waals surface area (Å²) >= 11 is 0. The number of halogens is 1.